The number of nitrogens with two attached hydrogens (primary N) is 1. The van der Waals surface area contributed by atoms with Crippen LogP contribution in [0.1, 0.15) is 49.5 Å². The van der Waals surface area contributed by atoms with Gasteiger partial charge in [0.05, 0.1) is 23.1 Å². The fourth-order valence-corrected chi connectivity index (χ4v) is 5.99. The molecule has 0 radical (unpaired) electrons. The van der Waals surface area contributed by atoms with Gasteiger partial charge in [0, 0.05) is 35.7 Å². The first-order valence-corrected chi connectivity index (χ1v) is 12.3. The summed E-state index contributed by atoms with van der Waals surface area (Å²) in [6, 6.07) is 8.79. The van der Waals surface area contributed by atoms with Crippen molar-refractivity contribution in [3.8, 4) is 10.4 Å². The predicted molar refractivity (Wildman–Crippen MR) is 121 cm³/mol. The van der Waals surface area contributed by atoms with E-state index in [2.05, 4.69) is 45.2 Å². The molecule has 1 amide bonds. The molecule has 6 nitrogen and oxygen atoms in total. The third-order valence-electron chi connectivity index (χ3n) is 5.56. The van der Waals surface area contributed by atoms with Crippen LogP contribution in [0.4, 0.5) is 4.79 Å². The molecule has 3 fully saturated rings. The van der Waals surface area contributed by atoms with Crippen molar-refractivity contribution >= 4 is 29.4 Å². The highest BCUT2D eigenvalue weighted by atomic mass is 32.2. The Morgan fingerprint density at radius 3 is 2.53 bits per heavy atom. The number of primary amides is 1. The minimum absolute atomic E-state index is 0.0903. The van der Waals surface area contributed by atoms with Crippen molar-refractivity contribution < 1.29 is 14.3 Å². The maximum Gasteiger partial charge on any atom is 0.404 e. The van der Waals surface area contributed by atoms with E-state index in [0.717, 1.165) is 0 Å². The van der Waals surface area contributed by atoms with Crippen molar-refractivity contribution in [1.82, 2.24) is 9.29 Å². The normalized spacial score (nSPS) is 19.9. The topological polar surface area (TPSA) is 77.7 Å². The number of amides is 1. The minimum atomic E-state index is -0.724. The number of aromatic nitrogens is 1. The van der Waals surface area contributed by atoms with Gasteiger partial charge in [0.2, 0.25) is 0 Å². The van der Waals surface area contributed by atoms with Gasteiger partial charge in [-0.2, -0.15) is 0 Å². The summed E-state index contributed by atoms with van der Waals surface area (Å²) < 4.78 is 11.6. The van der Waals surface area contributed by atoms with Crippen molar-refractivity contribution in [3.05, 3.63) is 35.5 Å². The lowest BCUT2D eigenvalue weighted by atomic mass is 9.90. The Morgan fingerprint density at radius 2 is 1.93 bits per heavy atom. The Bertz CT molecular complexity index is 831. The van der Waals surface area contributed by atoms with Crippen LogP contribution in [0.25, 0.3) is 10.4 Å². The fourth-order valence-electron chi connectivity index (χ4n) is 3.66. The molecular formula is C22H29N3O3S2. The number of thiazole rings is 1. The third-order valence-corrected chi connectivity index (χ3v) is 7.93. The maximum absolute atomic E-state index is 9.95. The van der Waals surface area contributed by atoms with Crippen molar-refractivity contribution in [1.29, 1.82) is 0 Å². The molecule has 0 bridgehead atoms. The highest BCUT2D eigenvalue weighted by molar-refractivity contribution is 7.97. The first kappa shape index (κ1) is 21.6. The van der Waals surface area contributed by atoms with Crippen LogP contribution in [-0.2, 0) is 9.47 Å². The highest BCUT2D eigenvalue weighted by Crippen LogP contribution is 2.41. The van der Waals surface area contributed by atoms with Crippen molar-refractivity contribution in [2.24, 2.45) is 5.73 Å². The Balaban J connectivity index is 0.000000230. The number of benzene rings is 1. The zero-order chi connectivity index (χ0) is 20.8. The van der Waals surface area contributed by atoms with E-state index in [-0.39, 0.29) is 6.10 Å². The van der Waals surface area contributed by atoms with Crippen LogP contribution < -0.4 is 5.73 Å². The quantitative estimate of drug-likeness (QED) is 0.646. The summed E-state index contributed by atoms with van der Waals surface area (Å²) in [5.74, 6) is 0.711. The van der Waals surface area contributed by atoms with Gasteiger partial charge in [-0.25, -0.2) is 14.1 Å². The lowest BCUT2D eigenvalue weighted by Gasteiger charge is -2.29. The summed E-state index contributed by atoms with van der Waals surface area (Å²) in [6.07, 6.45) is 9.44. The molecular weight excluding hydrogens is 418 g/mol. The predicted octanol–water partition coefficient (Wildman–Crippen LogP) is 5.05. The molecule has 5 rings (SSSR count). The average Bonchev–Trinajstić information content (AvgIpc) is 3.19. The van der Waals surface area contributed by atoms with E-state index >= 15 is 0 Å². The van der Waals surface area contributed by atoms with Gasteiger partial charge < -0.3 is 15.2 Å². The zero-order valence-electron chi connectivity index (χ0n) is 17.1. The Kier molecular flexibility index (Phi) is 7.65. The van der Waals surface area contributed by atoms with Gasteiger partial charge in [-0.05, 0) is 37.3 Å². The first-order chi connectivity index (χ1) is 14.7. The number of nitrogens with zero attached hydrogens (tertiary/aromatic N) is 2. The second-order valence-electron chi connectivity index (χ2n) is 7.86. The lowest BCUT2D eigenvalue weighted by molar-refractivity contribution is -0.0961. The summed E-state index contributed by atoms with van der Waals surface area (Å²) in [6.45, 7) is 3.41. The second-order valence-corrected chi connectivity index (χ2v) is 10.1. The zero-order valence-corrected chi connectivity index (χ0v) is 18.8. The van der Waals surface area contributed by atoms with Crippen molar-refractivity contribution in [3.63, 3.8) is 0 Å². The summed E-state index contributed by atoms with van der Waals surface area (Å²) in [5.41, 5.74) is 6.05. The first-order valence-electron chi connectivity index (χ1n) is 10.7. The largest absolute Gasteiger partial charge is 0.441 e. The number of hydrogen-bond donors (Lipinski definition) is 1. The van der Waals surface area contributed by atoms with Gasteiger partial charge in [0.1, 0.15) is 0 Å². The van der Waals surface area contributed by atoms with Crippen molar-refractivity contribution in [2.75, 3.05) is 26.3 Å². The summed E-state index contributed by atoms with van der Waals surface area (Å²) in [4.78, 5) is 17.4. The molecule has 0 spiro atoms. The van der Waals surface area contributed by atoms with E-state index in [1.54, 1.807) is 0 Å². The molecule has 2 aromatic rings. The average molecular weight is 448 g/mol. The third kappa shape index (κ3) is 5.75. The molecule has 1 aromatic carbocycles. The number of rotatable bonds is 5. The lowest BCUT2D eigenvalue weighted by Crippen LogP contribution is -2.39. The molecule has 2 saturated heterocycles. The van der Waals surface area contributed by atoms with Crippen LogP contribution >= 0.6 is 23.3 Å². The van der Waals surface area contributed by atoms with Gasteiger partial charge in [0.25, 0.3) is 0 Å². The Labute approximate surface area is 186 Å². The monoisotopic (exact) mass is 447 g/mol. The van der Waals surface area contributed by atoms with Crippen LogP contribution in [0.5, 0.6) is 0 Å². The number of carbonyl (C=O) groups is 1. The van der Waals surface area contributed by atoms with Gasteiger partial charge in [-0.15, -0.1) is 11.3 Å². The molecule has 3 aliphatic rings. The number of carbonyl (C=O) groups excluding carboxylic acids is 1. The van der Waals surface area contributed by atoms with E-state index < -0.39 is 6.09 Å². The summed E-state index contributed by atoms with van der Waals surface area (Å²) >= 11 is 3.83. The van der Waals surface area contributed by atoms with Crippen LogP contribution in [0.3, 0.4) is 0 Å². The SMILES string of the molecule is NC(=O)OC1COC1.c1ccc(-c2cnc(C3CCCCC3)s2)c(SN2CCC2)c1. The van der Waals surface area contributed by atoms with Crippen LogP contribution in [0.15, 0.2) is 35.4 Å². The number of ether oxygens (including phenoxy) is 2. The van der Waals surface area contributed by atoms with E-state index in [1.807, 2.05) is 23.3 Å². The molecule has 30 heavy (non-hydrogen) atoms. The van der Waals surface area contributed by atoms with Crippen LogP contribution in [0, 0.1) is 0 Å². The summed E-state index contributed by atoms with van der Waals surface area (Å²) in [7, 11) is 0. The molecule has 3 heterocycles. The highest BCUT2D eigenvalue weighted by Gasteiger charge is 2.22. The molecule has 1 aromatic heterocycles. The molecule has 2 N–H and O–H groups in total. The van der Waals surface area contributed by atoms with Gasteiger partial charge in [-0.1, -0.05) is 37.5 Å². The number of hydrogen-bond acceptors (Lipinski definition) is 7. The molecule has 0 unspecified atom stereocenters. The van der Waals surface area contributed by atoms with Crippen molar-refractivity contribution in [2.45, 2.75) is 55.4 Å². The van der Waals surface area contributed by atoms with Crippen LogP contribution in [-0.4, -0.2) is 47.8 Å². The van der Waals surface area contributed by atoms with Gasteiger partial charge in [-0.3, -0.25) is 0 Å². The molecule has 2 aliphatic heterocycles. The minimum Gasteiger partial charge on any atom is -0.441 e. The molecule has 162 valence electrons. The fraction of sp³-hybridized carbons (Fsp3) is 0.545. The standard InChI is InChI=1S/C18H22N2S2.C4H7NO3/c1-2-7-14(8-3-1)18-19-13-17(21-18)15-9-4-5-10-16(15)22-20-11-6-12-20;5-4(6)8-3-1-7-2-3/h4-5,9-10,13-14H,1-3,6-8,11-12H2;3H,1-2H2,(H2,5,6). The Hall–Kier alpha value is -1.61. The molecule has 0 atom stereocenters. The van der Waals surface area contributed by atoms with E-state index in [9.17, 15) is 4.79 Å². The maximum atomic E-state index is 9.95. The van der Waals surface area contributed by atoms with Crippen LogP contribution in [0.2, 0.25) is 0 Å². The molecule has 8 heteroatoms. The van der Waals surface area contributed by atoms with Gasteiger partial charge >= 0.3 is 6.09 Å². The van der Waals surface area contributed by atoms with E-state index in [1.165, 1.54) is 72.0 Å². The second kappa shape index (κ2) is 10.6. The van der Waals surface area contributed by atoms with Gasteiger partial charge in [0.15, 0.2) is 6.10 Å². The van der Waals surface area contributed by atoms with E-state index in [0.29, 0.717) is 19.1 Å². The van der Waals surface area contributed by atoms with E-state index in [4.69, 9.17) is 9.72 Å². The summed E-state index contributed by atoms with van der Waals surface area (Å²) in [5, 5.41) is 1.36. The molecule has 1 aliphatic carbocycles. The smallest absolute Gasteiger partial charge is 0.404 e. The molecule has 1 saturated carbocycles. The Morgan fingerprint density at radius 1 is 1.17 bits per heavy atom.